The summed E-state index contributed by atoms with van der Waals surface area (Å²) in [6, 6.07) is 10.5. The summed E-state index contributed by atoms with van der Waals surface area (Å²) >= 11 is 7.95. The summed E-state index contributed by atoms with van der Waals surface area (Å²) in [6.07, 6.45) is 1.11. The standard InChI is InChI=1S/C14H16ClNS/c1-3-12-6-7-13(17-12)9-16-11-5-4-10(2)14(15)8-11/h4-8,16H,3,9H2,1-2H3. The predicted molar refractivity (Wildman–Crippen MR) is 77.2 cm³/mol. The molecule has 1 heterocycles. The quantitative estimate of drug-likeness (QED) is 0.830. The Labute approximate surface area is 111 Å². The van der Waals surface area contributed by atoms with Gasteiger partial charge in [0.15, 0.2) is 0 Å². The van der Waals surface area contributed by atoms with Crippen LogP contribution in [0.1, 0.15) is 22.2 Å². The van der Waals surface area contributed by atoms with Crippen molar-refractivity contribution in [3.8, 4) is 0 Å². The van der Waals surface area contributed by atoms with Gasteiger partial charge in [-0.3, -0.25) is 0 Å². The Bertz CT molecular complexity index is 505. The highest BCUT2D eigenvalue weighted by molar-refractivity contribution is 7.12. The van der Waals surface area contributed by atoms with E-state index in [1.165, 1.54) is 9.75 Å². The molecule has 0 aliphatic heterocycles. The molecular weight excluding hydrogens is 250 g/mol. The van der Waals surface area contributed by atoms with Crippen molar-refractivity contribution in [2.45, 2.75) is 26.8 Å². The second-order valence-electron chi connectivity index (χ2n) is 4.04. The maximum atomic E-state index is 6.08. The molecule has 0 aliphatic carbocycles. The van der Waals surface area contributed by atoms with Crippen molar-refractivity contribution in [2.24, 2.45) is 0 Å². The van der Waals surface area contributed by atoms with Crippen LogP contribution in [0.5, 0.6) is 0 Å². The van der Waals surface area contributed by atoms with Crippen LogP contribution in [0.2, 0.25) is 5.02 Å². The molecule has 0 aliphatic rings. The summed E-state index contributed by atoms with van der Waals surface area (Å²) in [4.78, 5) is 2.79. The lowest BCUT2D eigenvalue weighted by Crippen LogP contribution is -1.97. The van der Waals surface area contributed by atoms with E-state index in [0.29, 0.717) is 0 Å². The summed E-state index contributed by atoms with van der Waals surface area (Å²) in [5, 5.41) is 4.21. The number of thiophene rings is 1. The fourth-order valence-electron chi connectivity index (χ4n) is 1.60. The van der Waals surface area contributed by atoms with Gasteiger partial charge < -0.3 is 5.32 Å². The van der Waals surface area contributed by atoms with Crippen LogP contribution in [-0.4, -0.2) is 0 Å². The monoisotopic (exact) mass is 265 g/mol. The summed E-state index contributed by atoms with van der Waals surface area (Å²) in [5.41, 5.74) is 2.19. The summed E-state index contributed by atoms with van der Waals surface area (Å²) in [6.45, 7) is 5.06. The molecule has 0 amide bonds. The SMILES string of the molecule is CCc1ccc(CNc2ccc(C)c(Cl)c2)s1. The van der Waals surface area contributed by atoms with Gasteiger partial charge in [0.2, 0.25) is 0 Å². The average Bonchev–Trinajstić information content (AvgIpc) is 2.79. The molecule has 2 aromatic rings. The van der Waals surface area contributed by atoms with E-state index >= 15 is 0 Å². The zero-order valence-electron chi connectivity index (χ0n) is 10.1. The third-order valence-electron chi connectivity index (χ3n) is 2.70. The highest BCUT2D eigenvalue weighted by Crippen LogP contribution is 2.22. The fourth-order valence-corrected chi connectivity index (χ4v) is 2.68. The van der Waals surface area contributed by atoms with Crippen molar-refractivity contribution in [2.75, 3.05) is 5.32 Å². The molecular formula is C14H16ClNS. The van der Waals surface area contributed by atoms with Gasteiger partial charge in [-0.25, -0.2) is 0 Å². The Balaban J connectivity index is 1.99. The minimum atomic E-state index is 0.815. The molecule has 0 radical (unpaired) electrons. The van der Waals surface area contributed by atoms with Crippen LogP contribution in [-0.2, 0) is 13.0 Å². The summed E-state index contributed by atoms with van der Waals surface area (Å²) in [7, 11) is 0. The second kappa shape index (κ2) is 5.56. The molecule has 0 saturated heterocycles. The van der Waals surface area contributed by atoms with Crippen LogP contribution in [0.15, 0.2) is 30.3 Å². The smallest absolute Gasteiger partial charge is 0.0494 e. The van der Waals surface area contributed by atoms with E-state index < -0.39 is 0 Å². The predicted octanol–water partition coefficient (Wildman–Crippen LogP) is 4.88. The molecule has 0 bridgehead atoms. The van der Waals surface area contributed by atoms with Crippen LogP contribution in [0.4, 0.5) is 5.69 Å². The highest BCUT2D eigenvalue weighted by Gasteiger charge is 2.00. The number of hydrogen-bond acceptors (Lipinski definition) is 2. The van der Waals surface area contributed by atoms with E-state index in [0.717, 1.165) is 29.2 Å². The zero-order valence-corrected chi connectivity index (χ0v) is 11.7. The molecule has 1 aromatic heterocycles. The molecule has 0 unspecified atom stereocenters. The summed E-state index contributed by atoms with van der Waals surface area (Å²) in [5.74, 6) is 0. The van der Waals surface area contributed by atoms with Gasteiger partial charge in [0, 0.05) is 27.0 Å². The maximum Gasteiger partial charge on any atom is 0.0494 e. The largest absolute Gasteiger partial charge is 0.380 e. The van der Waals surface area contributed by atoms with Gasteiger partial charge in [0.25, 0.3) is 0 Å². The first-order valence-electron chi connectivity index (χ1n) is 5.76. The number of halogens is 1. The lowest BCUT2D eigenvalue weighted by Gasteiger charge is -2.06. The van der Waals surface area contributed by atoms with E-state index in [1.54, 1.807) is 0 Å². The van der Waals surface area contributed by atoms with E-state index in [1.807, 2.05) is 30.4 Å². The van der Waals surface area contributed by atoms with E-state index in [4.69, 9.17) is 11.6 Å². The molecule has 0 spiro atoms. The first-order valence-corrected chi connectivity index (χ1v) is 6.96. The van der Waals surface area contributed by atoms with E-state index in [2.05, 4.69) is 30.4 Å². The van der Waals surface area contributed by atoms with E-state index in [9.17, 15) is 0 Å². The van der Waals surface area contributed by atoms with E-state index in [-0.39, 0.29) is 0 Å². The molecule has 1 nitrogen and oxygen atoms in total. The van der Waals surface area contributed by atoms with Crippen molar-refractivity contribution >= 4 is 28.6 Å². The Kier molecular flexibility index (Phi) is 4.08. The Morgan fingerprint density at radius 2 is 1.94 bits per heavy atom. The van der Waals surface area contributed by atoms with Gasteiger partial charge in [0.1, 0.15) is 0 Å². The van der Waals surface area contributed by atoms with Crippen molar-refractivity contribution in [3.05, 3.63) is 50.7 Å². The third kappa shape index (κ3) is 3.24. The van der Waals surface area contributed by atoms with Gasteiger partial charge >= 0.3 is 0 Å². The Hall–Kier alpha value is -0.990. The summed E-state index contributed by atoms with van der Waals surface area (Å²) < 4.78 is 0. The van der Waals surface area contributed by atoms with Gasteiger partial charge in [0.05, 0.1) is 0 Å². The normalized spacial score (nSPS) is 10.5. The van der Waals surface area contributed by atoms with Gasteiger partial charge in [-0.15, -0.1) is 11.3 Å². The average molecular weight is 266 g/mol. The fraction of sp³-hybridized carbons (Fsp3) is 0.286. The molecule has 2 rings (SSSR count). The number of aryl methyl sites for hydroxylation is 2. The van der Waals surface area contributed by atoms with Crippen molar-refractivity contribution in [3.63, 3.8) is 0 Å². The molecule has 1 aromatic carbocycles. The first kappa shape index (κ1) is 12.5. The number of benzene rings is 1. The van der Waals surface area contributed by atoms with Crippen LogP contribution in [0.3, 0.4) is 0 Å². The van der Waals surface area contributed by atoms with Crippen molar-refractivity contribution < 1.29 is 0 Å². The number of anilines is 1. The van der Waals surface area contributed by atoms with Gasteiger partial charge in [-0.2, -0.15) is 0 Å². The zero-order chi connectivity index (χ0) is 12.3. The number of hydrogen-bond donors (Lipinski definition) is 1. The van der Waals surface area contributed by atoms with Crippen LogP contribution in [0.25, 0.3) is 0 Å². The maximum absolute atomic E-state index is 6.08. The van der Waals surface area contributed by atoms with Gasteiger partial charge in [-0.1, -0.05) is 24.6 Å². The Morgan fingerprint density at radius 1 is 1.18 bits per heavy atom. The minimum absolute atomic E-state index is 0.815. The van der Waals surface area contributed by atoms with Crippen LogP contribution < -0.4 is 5.32 Å². The number of nitrogens with one attached hydrogen (secondary N) is 1. The minimum Gasteiger partial charge on any atom is -0.380 e. The Morgan fingerprint density at radius 3 is 2.59 bits per heavy atom. The van der Waals surface area contributed by atoms with Gasteiger partial charge in [-0.05, 0) is 43.2 Å². The molecule has 3 heteroatoms. The van der Waals surface area contributed by atoms with Crippen molar-refractivity contribution in [1.29, 1.82) is 0 Å². The first-order chi connectivity index (χ1) is 8.19. The third-order valence-corrected chi connectivity index (χ3v) is 4.34. The lowest BCUT2D eigenvalue weighted by atomic mass is 10.2. The number of rotatable bonds is 4. The molecule has 17 heavy (non-hydrogen) atoms. The molecule has 1 N–H and O–H groups in total. The molecule has 90 valence electrons. The van der Waals surface area contributed by atoms with Crippen LogP contribution in [0, 0.1) is 6.92 Å². The topological polar surface area (TPSA) is 12.0 Å². The van der Waals surface area contributed by atoms with Crippen molar-refractivity contribution in [1.82, 2.24) is 0 Å². The van der Waals surface area contributed by atoms with Crippen LogP contribution >= 0.6 is 22.9 Å². The highest BCUT2D eigenvalue weighted by atomic mass is 35.5. The molecule has 0 saturated carbocycles. The second-order valence-corrected chi connectivity index (χ2v) is 5.70. The lowest BCUT2D eigenvalue weighted by molar-refractivity contribution is 1.19. The molecule has 0 fully saturated rings. The molecule has 0 atom stereocenters.